The summed E-state index contributed by atoms with van der Waals surface area (Å²) in [5.41, 5.74) is 5.26. The number of carboxylic acids is 1. The van der Waals surface area contributed by atoms with Crippen LogP contribution in [0.25, 0.3) is 34.6 Å². The molecule has 0 aliphatic heterocycles. The van der Waals surface area contributed by atoms with E-state index in [0.717, 1.165) is 33.5 Å². The third kappa shape index (κ3) is 3.26. The first kappa shape index (κ1) is 15.8. The average Bonchev–Trinajstić information content (AvgIpc) is 3.11. The van der Waals surface area contributed by atoms with Crippen LogP contribution in [0.2, 0.25) is 0 Å². The second-order valence-electron chi connectivity index (χ2n) is 5.99. The van der Waals surface area contributed by atoms with Gasteiger partial charge in [0.15, 0.2) is 0 Å². The number of aromatic nitrogens is 2. The summed E-state index contributed by atoms with van der Waals surface area (Å²) in [6.07, 6.45) is 3.96. The maximum absolute atomic E-state index is 10.9. The van der Waals surface area contributed by atoms with E-state index in [2.05, 4.69) is 16.0 Å². The molecule has 0 aliphatic rings. The Balaban J connectivity index is 1.60. The van der Waals surface area contributed by atoms with Gasteiger partial charge < -0.3 is 10.1 Å². The maximum Gasteiger partial charge on any atom is 0.335 e. The highest BCUT2D eigenvalue weighted by Gasteiger charge is 2.05. The molecule has 2 N–H and O–H groups in total. The minimum absolute atomic E-state index is 0.286. The SMILES string of the molecule is O=C(O)c1ccc(/C=C/c2cccc(-c3nc4ccccc4[nH]3)c2)cc1. The van der Waals surface area contributed by atoms with Crippen molar-refractivity contribution in [1.82, 2.24) is 9.97 Å². The number of imidazole rings is 1. The van der Waals surface area contributed by atoms with Crippen LogP contribution in [-0.2, 0) is 0 Å². The monoisotopic (exact) mass is 340 g/mol. The number of H-pyrrole nitrogens is 1. The van der Waals surface area contributed by atoms with Gasteiger partial charge in [0.2, 0.25) is 0 Å². The first-order valence-electron chi connectivity index (χ1n) is 8.26. The zero-order valence-electron chi connectivity index (χ0n) is 13.9. The fourth-order valence-electron chi connectivity index (χ4n) is 2.81. The molecule has 1 heterocycles. The fraction of sp³-hybridized carbons (Fsp3) is 0. The van der Waals surface area contributed by atoms with Crippen molar-refractivity contribution in [3.63, 3.8) is 0 Å². The van der Waals surface area contributed by atoms with Crippen molar-refractivity contribution >= 4 is 29.2 Å². The number of carbonyl (C=O) groups is 1. The Kier molecular flexibility index (Phi) is 4.07. The van der Waals surface area contributed by atoms with Crippen LogP contribution in [-0.4, -0.2) is 21.0 Å². The Labute approximate surface area is 150 Å². The number of aromatic amines is 1. The Morgan fingerprint density at radius 3 is 2.42 bits per heavy atom. The predicted molar refractivity (Wildman–Crippen MR) is 104 cm³/mol. The summed E-state index contributed by atoms with van der Waals surface area (Å²) in [5.74, 6) is -0.0775. The lowest BCUT2D eigenvalue weighted by atomic mass is 10.1. The lowest BCUT2D eigenvalue weighted by Crippen LogP contribution is -1.94. The van der Waals surface area contributed by atoms with Crippen LogP contribution in [0, 0.1) is 0 Å². The third-order valence-electron chi connectivity index (χ3n) is 4.18. The summed E-state index contributed by atoms with van der Waals surface area (Å²) in [6.45, 7) is 0. The first-order valence-corrected chi connectivity index (χ1v) is 8.26. The van der Waals surface area contributed by atoms with Crippen LogP contribution in [0.4, 0.5) is 0 Å². The number of benzene rings is 3. The number of fused-ring (bicyclic) bond motifs is 1. The molecule has 0 fully saturated rings. The standard InChI is InChI=1S/C22H16N2O2/c25-22(26)17-12-10-15(11-13-17)8-9-16-4-3-5-18(14-16)21-23-19-6-1-2-7-20(19)24-21/h1-14H,(H,23,24)(H,25,26)/b9-8+. The van der Waals surface area contributed by atoms with Gasteiger partial charge in [-0.05, 0) is 41.5 Å². The Morgan fingerprint density at radius 2 is 1.65 bits per heavy atom. The van der Waals surface area contributed by atoms with Crippen molar-refractivity contribution in [3.8, 4) is 11.4 Å². The molecule has 0 aliphatic carbocycles. The fourth-order valence-corrected chi connectivity index (χ4v) is 2.81. The van der Waals surface area contributed by atoms with Crippen molar-refractivity contribution in [2.45, 2.75) is 0 Å². The lowest BCUT2D eigenvalue weighted by Gasteiger charge is -2.00. The molecule has 3 aromatic carbocycles. The molecule has 4 heteroatoms. The molecule has 4 rings (SSSR count). The number of rotatable bonds is 4. The summed E-state index contributed by atoms with van der Waals surface area (Å²) >= 11 is 0. The van der Waals surface area contributed by atoms with E-state index >= 15 is 0 Å². The molecular weight excluding hydrogens is 324 g/mol. The van der Waals surface area contributed by atoms with Gasteiger partial charge in [-0.1, -0.05) is 54.6 Å². The van der Waals surface area contributed by atoms with Crippen molar-refractivity contribution < 1.29 is 9.90 Å². The molecule has 4 nitrogen and oxygen atoms in total. The second-order valence-corrected chi connectivity index (χ2v) is 5.99. The number of hydrogen-bond acceptors (Lipinski definition) is 2. The molecule has 0 atom stereocenters. The number of aromatic carboxylic acids is 1. The van der Waals surface area contributed by atoms with E-state index in [9.17, 15) is 4.79 Å². The van der Waals surface area contributed by atoms with Gasteiger partial charge in [0, 0.05) is 5.56 Å². The highest BCUT2D eigenvalue weighted by atomic mass is 16.4. The van der Waals surface area contributed by atoms with Crippen LogP contribution >= 0.6 is 0 Å². The van der Waals surface area contributed by atoms with Crippen molar-refractivity contribution in [2.75, 3.05) is 0 Å². The third-order valence-corrected chi connectivity index (χ3v) is 4.18. The summed E-state index contributed by atoms with van der Waals surface area (Å²) < 4.78 is 0. The van der Waals surface area contributed by atoms with E-state index < -0.39 is 5.97 Å². The minimum atomic E-state index is -0.918. The summed E-state index contributed by atoms with van der Waals surface area (Å²) in [4.78, 5) is 18.9. The highest BCUT2D eigenvalue weighted by Crippen LogP contribution is 2.22. The van der Waals surface area contributed by atoms with E-state index in [4.69, 9.17) is 5.11 Å². The Hall–Kier alpha value is -3.66. The number of hydrogen-bond donors (Lipinski definition) is 2. The molecule has 126 valence electrons. The largest absolute Gasteiger partial charge is 0.478 e. The van der Waals surface area contributed by atoms with Crippen molar-refractivity contribution in [3.05, 3.63) is 89.5 Å². The average molecular weight is 340 g/mol. The van der Waals surface area contributed by atoms with E-state index in [1.807, 2.05) is 54.6 Å². The van der Waals surface area contributed by atoms with Crippen molar-refractivity contribution in [2.24, 2.45) is 0 Å². The van der Waals surface area contributed by atoms with Gasteiger partial charge in [0.25, 0.3) is 0 Å². The Bertz CT molecular complexity index is 1080. The molecule has 0 amide bonds. The normalized spacial score (nSPS) is 11.2. The van der Waals surface area contributed by atoms with Gasteiger partial charge in [0.05, 0.1) is 16.6 Å². The number of nitrogens with zero attached hydrogens (tertiary/aromatic N) is 1. The quantitative estimate of drug-likeness (QED) is 0.508. The maximum atomic E-state index is 10.9. The summed E-state index contributed by atoms with van der Waals surface area (Å²) in [7, 11) is 0. The van der Waals surface area contributed by atoms with Gasteiger partial charge in [-0.2, -0.15) is 0 Å². The molecule has 0 saturated heterocycles. The molecule has 0 spiro atoms. The van der Waals surface area contributed by atoms with E-state index in [1.54, 1.807) is 24.3 Å². The smallest absolute Gasteiger partial charge is 0.335 e. The van der Waals surface area contributed by atoms with Crippen molar-refractivity contribution in [1.29, 1.82) is 0 Å². The van der Waals surface area contributed by atoms with E-state index in [1.165, 1.54) is 0 Å². The number of nitrogens with one attached hydrogen (secondary N) is 1. The van der Waals surface area contributed by atoms with Gasteiger partial charge in [-0.25, -0.2) is 9.78 Å². The van der Waals surface area contributed by atoms with Crippen LogP contribution in [0.1, 0.15) is 21.5 Å². The van der Waals surface area contributed by atoms with Crippen LogP contribution < -0.4 is 0 Å². The first-order chi connectivity index (χ1) is 12.7. The number of para-hydroxylation sites is 2. The zero-order chi connectivity index (χ0) is 17.9. The predicted octanol–water partition coefficient (Wildman–Crippen LogP) is 5.10. The molecule has 4 aromatic rings. The molecule has 0 saturated carbocycles. The Morgan fingerprint density at radius 1 is 0.885 bits per heavy atom. The summed E-state index contributed by atoms with van der Waals surface area (Å²) in [6, 6.07) is 22.9. The molecule has 1 aromatic heterocycles. The van der Waals surface area contributed by atoms with E-state index in [-0.39, 0.29) is 5.56 Å². The van der Waals surface area contributed by atoms with Crippen LogP contribution in [0.15, 0.2) is 72.8 Å². The molecular formula is C22H16N2O2. The van der Waals surface area contributed by atoms with Crippen LogP contribution in [0.5, 0.6) is 0 Å². The van der Waals surface area contributed by atoms with Gasteiger partial charge in [0.1, 0.15) is 5.82 Å². The van der Waals surface area contributed by atoms with Crippen LogP contribution in [0.3, 0.4) is 0 Å². The zero-order valence-corrected chi connectivity index (χ0v) is 13.9. The van der Waals surface area contributed by atoms with Gasteiger partial charge in [-0.3, -0.25) is 0 Å². The van der Waals surface area contributed by atoms with Gasteiger partial charge >= 0.3 is 5.97 Å². The lowest BCUT2D eigenvalue weighted by molar-refractivity contribution is 0.0697. The second kappa shape index (κ2) is 6.69. The minimum Gasteiger partial charge on any atom is -0.478 e. The molecule has 0 unspecified atom stereocenters. The highest BCUT2D eigenvalue weighted by molar-refractivity contribution is 5.88. The molecule has 26 heavy (non-hydrogen) atoms. The summed E-state index contributed by atoms with van der Waals surface area (Å²) in [5, 5.41) is 8.95. The topological polar surface area (TPSA) is 66.0 Å². The molecule has 0 bridgehead atoms. The number of carboxylic acid groups (broad SMARTS) is 1. The molecule has 0 radical (unpaired) electrons. The van der Waals surface area contributed by atoms with E-state index in [0.29, 0.717) is 0 Å². The van der Waals surface area contributed by atoms with Gasteiger partial charge in [-0.15, -0.1) is 0 Å².